The first-order chi connectivity index (χ1) is 11.5. The first-order valence-electron chi connectivity index (χ1n) is 7.14. The van der Waals surface area contributed by atoms with Crippen LogP contribution in [0.5, 0.6) is 0 Å². The highest BCUT2D eigenvalue weighted by Gasteiger charge is 2.09. The Morgan fingerprint density at radius 3 is 2.42 bits per heavy atom. The number of rotatable bonds is 4. The highest BCUT2D eigenvalue weighted by molar-refractivity contribution is 6.04. The molecule has 1 amide bonds. The summed E-state index contributed by atoms with van der Waals surface area (Å²) < 4.78 is 14.3. The molecule has 8 heteroatoms. The Bertz CT molecular complexity index is 842. The largest absolute Gasteiger partial charge is 0.375 e. The Kier molecular flexibility index (Phi) is 4.19. The van der Waals surface area contributed by atoms with Gasteiger partial charge in [-0.3, -0.25) is 4.79 Å². The van der Waals surface area contributed by atoms with E-state index < -0.39 is 5.82 Å². The minimum atomic E-state index is -0.391. The lowest BCUT2D eigenvalue weighted by molar-refractivity contribution is 0.102. The molecule has 0 unspecified atom stereocenters. The van der Waals surface area contributed by atoms with Crippen LogP contribution in [-0.2, 0) is 0 Å². The summed E-state index contributed by atoms with van der Waals surface area (Å²) in [7, 11) is 3.80. The number of nitrogens with one attached hydrogen (secondary N) is 1. The van der Waals surface area contributed by atoms with Gasteiger partial charge in [0.25, 0.3) is 11.9 Å². The average molecular weight is 326 g/mol. The normalized spacial score (nSPS) is 10.5. The van der Waals surface area contributed by atoms with Crippen LogP contribution in [0.25, 0.3) is 5.95 Å². The first-order valence-corrected chi connectivity index (χ1v) is 7.14. The lowest BCUT2D eigenvalue weighted by Crippen LogP contribution is -2.11. The zero-order chi connectivity index (χ0) is 17.1. The van der Waals surface area contributed by atoms with Gasteiger partial charge in [-0.15, -0.1) is 0 Å². The van der Waals surface area contributed by atoms with E-state index in [0.29, 0.717) is 17.2 Å². The summed E-state index contributed by atoms with van der Waals surface area (Å²) in [5.41, 5.74) is 1.72. The fourth-order valence-corrected chi connectivity index (χ4v) is 1.96. The van der Waals surface area contributed by atoms with Gasteiger partial charge in [-0.05, 0) is 24.3 Å². The highest BCUT2D eigenvalue weighted by Crippen LogP contribution is 2.13. The van der Waals surface area contributed by atoms with Crippen LogP contribution in [-0.4, -0.2) is 39.8 Å². The number of hydrogen-bond donors (Lipinski definition) is 1. The third-order valence-electron chi connectivity index (χ3n) is 3.29. The molecule has 0 radical (unpaired) electrons. The number of benzene rings is 1. The van der Waals surface area contributed by atoms with Gasteiger partial charge in [0.15, 0.2) is 0 Å². The summed E-state index contributed by atoms with van der Waals surface area (Å²) in [6, 6.07) is 5.30. The third-order valence-corrected chi connectivity index (χ3v) is 3.29. The first kappa shape index (κ1) is 15.6. The lowest BCUT2D eigenvalue weighted by atomic mass is 10.2. The molecule has 122 valence electrons. The molecule has 0 aliphatic rings. The fourth-order valence-electron chi connectivity index (χ4n) is 1.96. The third kappa shape index (κ3) is 3.37. The number of amides is 1. The minimum Gasteiger partial charge on any atom is -0.375 e. The summed E-state index contributed by atoms with van der Waals surface area (Å²) in [6.45, 7) is 0. The van der Waals surface area contributed by atoms with Gasteiger partial charge in [0.05, 0.1) is 36.2 Å². The van der Waals surface area contributed by atoms with Gasteiger partial charge in [-0.1, -0.05) is 0 Å². The van der Waals surface area contributed by atoms with E-state index in [1.54, 1.807) is 18.6 Å². The van der Waals surface area contributed by atoms with E-state index in [4.69, 9.17) is 0 Å². The van der Waals surface area contributed by atoms with Gasteiger partial charge >= 0.3 is 0 Å². The SMILES string of the molecule is CN(C)c1cnc(-n2cc(NC(=O)c3ccc(F)cc3)cn2)nc1. The van der Waals surface area contributed by atoms with Crippen LogP contribution in [0.15, 0.2) is 49.1 Å². The quantitative estimate of drug-likeness (QED) is 0.795. The van der Waals surface area contributed by atoms with Crippen molar-refractivity contribution in [1.29, 1.82) is 0 Å². The number of halogens is 1. The maximum Gasteiger partial charge on any atom is 0.255 e. The van der Waals surface area contributed by atoms with E-state index >= 15 is 0 Å². The number of carbonyl (C=O) groups excluding carboxylic acids is 1. The predicted octanol–water partition coefficient (Wildman–Crippen LogP) is 2.12. The maximum atomic E-state index is 12.9. The number of carbonyl (C=O) groups is 1. The van der Waals surface area contributed by atoms with E-state index in [0.717, 1.165) is 5.69 Å². The topological polar surface area (TPSA) is 75.9 Å². The summed E-state index contributed by atoms with van der Waals surface area (Å²) in [5.74, 6) is -0.348. The van der Waals surface area contributed by atoms with Crippen LogP contribution in [0.2, 0.25) is 0 Å². The average Bonchev–Trinajstić information content (AvgIpc) is 3.04. The molecule has 3 rings (SSSR count). The molecule has 0 spiro atoms. The predicted molar refractivity (Wildman–Crippen MR) is 87.8 cm³/mol. The van der Waals surface area contributed by atoms with Crippen LogP contribution in [0.4, 0.5) is 15.8 Å². The molecule has 2 aromatic heterocycles. The zero-order valence-electron chi connectivity index (χ0n) is 13.1. The fraction of sp³-hybridized carbons (Fsp3) is 0.125. The number of anilines is 2. The molecule has 0 saturated carbocycles. The lowest BCUT2D eigenvalue weighted by Gasteiger charge is -2.10. The summed E-state index contributed by atoms with van der Waals surface area (Å²) in [4.78, 5) is 22.4. The molecule has 0 aliphatic carbocycles. The van der Waals surface area contributed by atoms with Crippen molar-refractivity contribution in [3.63, 3.8) is 0 Å². The summed E-state index contributed by atoms with van der Waals surface area (Å²) >= 11 is 0. The van der Waals surface area contributed by atoms with E-state index in [1.807, 2.05) is 19.0 Å². The van der Waals surface area contributed by atoms with Crippen molar-refractivity contribution in [2.45, 2.75) is 0 Å². The van der Waals surface area contributed by atoms with Crippen LogP contribution < -0.4 is 10.2 Å². The maximum absolute atomic E-state index is 12.9. The molecule has 0 fully saturated rings. The van der Waals surface area contributed by atoms with Gasteiger partial charge < -0.3 is 10.2 Å². The Morgan fingerprint density at radius 2 is 1.79 bits per heavy atom. The van der Waals surface area contributed by atoms with Gasteiger partial charge in [0, 0.05) is 19.7 Å². The van der Waals surface area contributed by atoms with Crippen molar-refractivity contribution in [1.82, 2.24) is 19.7 Å². The Hall–Kier alpha value is -3.29. The molecule has 0 bridgehead atoms. The smallest absolute Gasteiger partial charge is 0.255 e. The van der Waals surface area contributed by atoms with Crippen LogP contribution in [0.1, 0.15) is 10.4 Å². The monoisotopic (exact) mass is 326 g/mol. The minimum absolute atomic E-state index is 0.349. The van der Waals surface area contributed by atoms with Gasteiger partial charge in [0.1, 0.15) is 5.82 Å². The number of nitrogens with zero attached hydrogens (tertiary/aromatic N) is 5. The zero-order valence-corrected chi connectivity index (χ0v) is 13.1. The molecule has 0 atom stereocenters. The van der Waals surface area contributed by atoms with Gasteiger partial charge in [-0.2, -0.15) is 5.10 Å². The highest BCUT2D eigenvalue weighted by atomic mass is 19.1. The van der Waals surface area contributed by atoms with Gasteiger partial charge in [0.2, 0.25) is 0 Å². The Labute approximate surface area is 137 Å². The second-order valence-electron chi connectivity index (χ2n) is 5.27. The standard InChI is InChI=1S/C16H15FN6O/c1-22(2)14-8-18-16(19-9-14)23-10-13(7-20-23)21-15(24)11-3-5-12(17)6-4-11/h3-10H,1-2H3,(H,21,24). The number of aromatic nitrogens is 4. The van der Waals surface area contributed by atoms with E-state index in [1.165, 1.54) is 35.1 Å². The molecule has 0 saturated heterocycles. The van der Waals surface area contributed by atoms with Gasteiger partial charge in [-0.25, -0.2) is 19.0 Å². The molecule has 0 aliphatic heterocycles. The molecule has 2 heterocycles. The molecule has 24 heavy (non-hydrogen) atoms. The van der Waals surface area contributed by atoms with E-state index in [-0.39, 0.29) is 5.91 Å². The summed E-state index contributed by atoms with van der Waals surface area (Å²) in [5, 5.41) is 6.81. The molecular formula is C16H15FN6O. The molecule has 3 aromatic rings. The van der Waals surface area contributed by atoms with Crippen molar-refractivity contribution in [2.75, 3.05) is 24.3 Å². The van der Waals surface area contributed by atoms with Crippen molar-refractivity contribution in [3.05, 3.63) is 60.4 Å². The van der Waals surface area contributed by atoms with Crippen molar-refractivity contribution in [3.8, 4) is 5.95 Å². The van der Waals surface area contributed by atoms with Crippen molar-refractivity contribution < 1.29 is 9.18 Å². The molecular weight excluding hydrogens is 311 g/mol. The summed E-state index contributed by atoms with van der Waals surface area (Å²) in [6.07, 6.45) is 6.46. The van der Waals surface area contributed by atoms with Crippen LogP contribution in [0.3, 0.4) is 0 Å². The second kappa shape index (κ2) is 6.45. The van der Waals surface area contributed by atoms with Crippen molar-refractivity contribution >= 4 is 17.3 Å². The van der Waals surface area contributed by atoms with E-state index in [2.05, 4.69) is 20.4 Å². The Morgan fingerprint density at radius 1 is 1.12 bits per heavy atom. The van der Waals surface area contributed by atoms with Crippen molar-refractivity contribution in [2.24, 2.45) is 0 Å². The van der Waals surface area contributed by atoms with Crippen LogP contribution in [0, 0.1) is 5.82 Å². The van der Waals surface area contributed by atoms with E-state index in [9.17, 15) is 9.18 Å². The number of hydrogen-bond acceptors (Lipinski definition) is 5. The molecule has 1 aromatic carbocycles. The molecule has 7 nitrogen and oxygen atoms in total. The second-order valence-corrected chi connectivity index (χ2v) is 5.27. The Balaban J connectivity index is 1.73. The van der Waals surface area contributed by atoms with Crippen LogP contribution >= 0.6 is 0 Å². The molecule has 1 N–H and O–H groups in total.